The Kier molecular flexibility index (Phi) is 6.74. The number of fused-ring (bicyclic) bond motifs is 1. The number of amides is 1. The number of benzene rings is 1. The van der Waals surface area contributed by atoms with E-state index in [0.29, 0.717) is 18.8 Å². The average Bonchev–Trinajstić information content (AvgIpc) is 2.75. The minimum atomic E-state index is -0.660. The van der Waals surface area contributed by atoms with Gasteiger partial charge < -0.3 is 28.7 Å². The molecule has 9 heteroatoms. The van der Waals surface area contributed by atoms with Crippen molar-refractivity contribution in [3.05, 3.63) is 40.6 Å². The van der Waals surface area contributed by atoms with E-state index in [1.807, 2.05) is 39.0 Å². The Bertz CT molecular complexity index is 991. The molecule has 0 spiro atoms. The summed E-state index contributed by atoms with van der Waals surface area (Å²) in [6, 6.07) is 5.76. The van der Waals surface area contributed by atoms with Gasteiger partial charge in [-0.1, -0.05) is 19.9 Å². The standard InChI is InChI=1S/C24H32N2O7/c1-23(2,3)33-22(29)25-11-15-10-16(8-9-18(15)24(4,5)13-25)26-14-32-12-17(20(27)30-6)19(26)21(28)31-7/h8-10H,11-14H2,1-7H3. The molecule has 33 heavy (non-hydrogen) atoms. The summed E-state index contributed by atoms with van der Waals surface area (Å²) in [5, 5.41) is 0. The van der Waals surface area contributed by atoms with Crippen LogP contribution in [0.25, 0.3) is 0 Å². The molecule has 2 aliphatic rings. The van der Waals surface area contributed by atoms with Crippen LogP contribution < -0.4 is 4.90 Å². The summed E-state index contributed by atoms with van der Waals surface area (Å²) in [5.74, 6) is -1.32. The van der Waals surface area contributed by atoms with Gasteiger partial charge in [0.1, 0.15) is 18.0 Å². The molecule has 0 saturated carbocycles. The van der Waals surface area contributed by atoms with Crippen molar-refractivity contribution in [1.29, 1.82) is 0 Å². The smallest absolute Gasteiger partial charge is 0.410 e. The first-order valence-electron chi connectivity index (χ1n) is 10.7. The summed E-state index contributed by atoms with van der Waals surface area (Å²) in [6.07, 6.45) is -0.379. The third-order valence-electron chi connectivity index (χ3n) is 5.56. The lowest BCUT2D eigenvalue weighted by Crippen LogP contribution is -2.47. The second kappa shape index (κ2) is 9.05. The maximum absolute atomic E-state index is 12.8. The largest absolute Gasteiger partial charge is 0.466 e. The Morgan fingerprint density at radius 3 is 2.33 bits per heavy atom. The molecule has 0 aliphatic carbocycles. The highest BCUT2D eigenvalue weighted by Crippen LogP contribution is 2.37. The van der Waals surface area contributed by atoms with E-state index in [-0.39, 0.29) is 36.1 Å². The van der Waals surface area contributed by atoms with Crippen molar-refractivity contribution in [3.8, 4) is 0 Å². The van der Waals surface area contributed by atoms with Crippen molar-refractivity contribution in [2.45, 2.75) is 52.2 Å². The number of carbonyl (C=O) groups excluding carboxylic acids is 3. The highest BCUT2D eigenvalue weighted by molar-refractivity contribution is 6.03. The van der Waals surface area contributed by atoms with Crippen LogP contribution in [0, 0.1) is 0 Å². The quantitative estimate of drug-likeness (QED) is 0.502. The Labute approximate surface area is 194 Å². The summed E-state index contributed by atoms with van der Waals surface area (Å²) < 4.78 is 20.9. The molecule has 1 amide bonds. The molecular weight excluding hydrogens is 428 g/mol. The molecule has 0 radical (unpaired) electrons. The van der Waals surface area contributed by atoms with Crippen molar-refractivity contribution in [1.82, 2.24) is 4.90 Å². The molecule has 9 nitrogen and oxygen atoms in total. The Balaban J connectivity index is 2.02. The maximum Gasteiger partial charge on any atom is 0.410 e. The highest BCUT2D eigenvalue weighted by Gasteiger charge is 2.37. The number of methoxy groups -OCH3 is 2. The first-order chi connectivity index (χ1) is 15.4. The van der Waals surface area contributed by atoms with E-state index in [1.54, 1.807) is 9.80 Å². The summed E-state index contributed by atoms with van der Waals surface area (Å²) in [5.41, 5.74) is 1.92. The van der Waals surface area contributed by atoms with E-state index in [4.69, 9.17) is 18.9 Å². The van der Waals surface area contributed by atoms with Crippen LogP contribution in [0.5, 0.6) is 0 Å². The zero-order valence-electron chi connectivity index (χ0n) is 20.3. The average molecular weight is 461 g/mol. The van der Waals surface area contributed by atoms with E-state index in [9.17, 15) is 14.4 Å². The molecule has 0 saturated heterocycles. The van der Waals surface area contributed by atoms with Crippen LogP contribution in [0.15, 0.2) is 29.5 Å². The van der Waals surface area contributed by atoms with Crippen LogP contribution in [-0.4, -0.2) is 62.6 Å². The van der Waals surface area contributed by atoms with E-state index in [0.717, 1.165) is 11.1 Å². The minimum Gasteiger partial charge on any atom is -0.466 e. The van der Waals surface area contributed by atoms with Gasteiger partial charge >= 0.3 is 18.0 Å². The SMILES string of the molecule is COC(=O)C1=C(C(=O)OC)N(c2ccc3c(c2)CN(C(=O)OC(C)(C)C)CC3(C)C)COC1. The number of hydrogen-bond donors (Lipinski definition) is 0. The summed E-state index contributed by atoms with van der Waals surface area (Å²) >= 11 is 0. The fraction of sp³-hybridized carbons (Fsp3) is 0.542. The van der Waals surface area contributed by atoms with Gasteiger partial charge in [-0.15, -0.1) is 0 Å². The molecule has 0 unspecified atom stereocenters. The molecule has 2 aliphatic heterocycles. The third-order valence-corrected chi connectivity index (χ3v) is 5.56. The molecule has 180 valence electrons. The van der Waals surface area contributed by atoms with Gasteiger partial charge in [0.2, 0.25) is 0 Å². The molecule has 0 N–H and O–H groups in total. The second-order valence-corrected chi connectivity index (χ2v) is 9.78. The third kappa shape index (κ3) is 5.13. The summed E-state index contributed by atoms with van der Waals surface area (Å²) in [6.45, 7) is 10.5. The Morgan fingerprint density at radius 1 is 1.06 bits per heavy atom. The predicted octanol–water partition coefficient (Wildman–Crippen LogP) is 3.11. The van der Waals surface area contributed by atoms with Gasteiger partial charge in [-0.25, -0.2) is 14.4 Å². The predicted molar refractivity (Wildman–Crippen MR) is 120 cm³/mol. The number of hydrogen-bond acceptors (Lipinski definition) is 8. The lowest BCUT2D eigenvalue weighted by Gasteiger charge is -2.41. The van der Waals surface area contributed by atoms with Crippen molar-refractivity contribution < 1.29 is 33.3 Å². The van der Waals surface area contributed by atoms with Gasteiger partial charge in [0.15, 0.2) is 0 Å². The molecule has 0 fully saturated rings. The summed E-state index contributed by atoms with van der Waals surface area (Å²) in [7, 11) is 2.50. The first kappa shape index (κ1) is 24.6. The van der Waals surface area contributed by atoms with Gasteiger partial charge in [0.05, 0.1) is 26.4 Å². The fourth-order valence-corrected chi connectivity index (χ4v) is 4.17. The van der Waals surface area contributed by atoms with Crippen LogP contribution >= 0.6 is 0 Å². The van der Waals surface area contributed by atoms with Crippen LogP contribution in [-0.2, 0) is 40.5 Å². The van der Waals surface area contributed by atoms with Crippen molar-refractivity contribution in [2.75, 3.05) is 39.0 Å². The van der Waals surface area contributed by atoms with E-state index in [2.05, 4.69) is 13.8 Å². The van der Waals surface area contributed by atoms with Crippen molar-refractivity contribution in [3.63, 3.8) is 0 Å². The fourth-order valence-electron chi connectivity index (χ4n) is 4.17. The van der Waals surface area contributed by atoms with Gasteiger partial charge in [-0.3, -0.25) is 0 Å². The Hall–Kier alpha value is -3.07. The molecule has 0 aromatic heterocycles. The molecule has 1 aromatic rings. The lowest BCUT2D eigenvalue weighted by atomic mass is 9.78. The maximum atomic E-state index is 12.8. The number of rotatable bonds is 3. The molecule has 3 rings (SSSR count). The zero-order chi connectivity index (χ0) is 24.6. The van der Waals surface area contributed by atoms with Crippen LogP contribution in [0.3, 0.4) is 0 Å². The van der Waals surface area contributed by atoms with Crippen LogP contribution in [0.1, 0.15) is 45.7 Å². The van der Waals surface area contributed by atoms with Crippen molar-refractivity contribution in [2.24, 2.45) is 0 Å². The highest BCUT2D eigenvalue weighted by atomic mass is 16.6. The lowest BCUT2D eigenvalue weighted by molar-refractivity contribution is -0.140. The molecular formula is C24H32N2O7. The van der Waals surface area contributed by atoms with Crippen molar-refractivity contribution >= 4 is 23.7 Å². The molecule has 0 atom stereocenters. The normalized spacial score (nSPS) is 17.9. The number of ether oxygens (including phenoxy) is 4. The number of nitrogens with zero attached hydrogens (tertiary/aromatic N) is 2. The van der Waals surface area contributed by atoms with Gasteiger partial charge in [0, 0.05) is 24.2 Å². The van der Waals surface area contributed by atoms with E-state index < -0.39 is 17.5 Å². The molecule has 0 bridgehead atoms. The van der Waals surface area contributed by atoms with Gasteiger partial charge in [-0.05, 0) is 44.0 Å². The molecule has 1 aromatic carbocycles. The monoisotopic (exact) mass is 460 g/mol. The number of anilines is 1. The van der Waals surface area contributed by atoms with E-state index in [1.165, 1.54) is 14.2 Å². The van der Waals surface area contributed by atoms with Crippen LogP contribution in [0.2, 0.25) is 0 Å². The topological polar surface area (TPSA) is 94.6 Å². The molecule has 2 heterocycles. The number of carbonyl (C=O) groups is 3. The zero-order valence-corrected chi connectivity index (χ0v) is 20.3. The van der Waals surface area contributed by atoms with E-state index >= 15 is 0 Å². The first-order valence-corrected chi connectivity index (χ1v) is 10.7. The van der Waals surface area contributed by atoms with Gasteiger partial charge in [0.25, 0.3) is 0 Å². The van der Waals surface area contributed by atoms with Crippen LogP contribution in [0.4, 0.5) is 10.5 Å². The minimum absolute atomic E-state index is 0.0575. The second-order valence-electron chi connectivity index (χ2n) is 9.78. The van der Waals surface area contributed by atoms with Gasteiger partial charge in [-0.2, -0.15) is 0 Å². The Morgan fingerprint density at radius 2 is 1.73 bits per heavy atom. The number of esters is 2. The summed E-state index contributed by atoms with van der Waals surface area (Å²) in [4.78, 5) is 40.9.